The van der Waals surface area contributed by atoms with E-state index in [0.717, 1.165) is 9.50 Å². The molecule has 3 heteroatoms. The summed E-state index contributed by atoms with van der Waals surface area (Å²) >= 11 is 9.74. The Bertz CT molecular complexity index is 395. The van der Waals surface area contributed by atoms with Gasteiger partial charge >= 0.3 is 0 Å². The van der Waals surface area contributed by atoms with Crippen LogP contribution >= 0.6 is 27.5 Å². The number of halogens is 2. The van der Waals surface area contributed by atoms with Gasteiger partial charge in [0, 0.05) is 15.5 Å². The molecule has 1 nitrogen and oxygen atoms in total. The standard InChI is InChI=1S/C18H29BrClN/c1-3-4-5-6-7-8-9-10-11-18(21-2)16-14-15(20)12-13-17(16)19/h12-14,18,21H,3-11H2,1-2H3. The van der Waals surface area contributed by atoms with E-state index in [1.807, 2.05) is 19.2 Å². The SMILES string of the molecule is CCCCCCCCCCC(NC)c1cc(Cl)ccc1Br. The molecule has 120 valence electrons. The van der Waals surface area contributed by atoms with Crippen LogP contribution in [0.5, 0.6) is 0 Å². The number of unbranched alkanes of at least 4 members (excludes halogenated alkanes) is 7. The van der Waals surface area contributed by atoms with E-state index < -0.39 is 0 Å². The Labute approximate surface area is 144 Å². The molecule has 0 saturated carbocycles. The van der Waals surface area contributed by atoms with E-state index >= 15 is 0 Å². The van der Waals surface area contributed by atoms with Crippen molar-refractivity contribution in [3.8, 4) is 0 Å². The third kappa shape index (κ3) is 7.67. The molecule has 0 aliphatic carbocycles. The van der Waals surface area contributed by atoms with Gasteiger partial charge in [-0.1, -0.05) is 85.8 Å². The molecular weight excluding hydrogens is 346 g/mol. The van der Waals surface area contributed by atoms with Gasteiger partial charge in [-0.3, -0.25) is 0 Å². The summed E-state index contributed by atoms with van der Waals surface area (Å²) in [5.74, 6) is 0. The maximum atomic E-state index is 6.11. The summed E-state index contributed by atoms with van der Waals surface area (Å²) in [4.78, 5) is 0. The van der Waals surface area contributed by atoms with Crippen molar-refractivity contribution in [2.45, 2.75) is 70.8 Å². The first kappa shape index (κ1) is 19.0. The van der Waals surface area contributed by atoms with E-state index in [0.29, 0.717) is 6.04 Å². The van der Waals surface area contributed by atoms with Crippen LogP contribution in [-0.2, 0) is 0 Å². The lowest BCUT2D eigenvalue weighted by atomic mass is 9.99. The average molecular weight is 375 g/mol. The minimum Gasteiger partial charge on any atom is -0.313 e. The highest BCUT2D eigenvalue weighted by Crippen LogP contribution is 2.29. The fraction of sp³-hybridized carbons (Fsp3) is 0.667. The number of hydrogen-bond acceptors (Lipinski definition) is 1. The molecule has 0 heterocycles. The van der Waals surface area contributed by atoms with Crippen LogP contribution in [0.1, 0.15) is 76.3 Å². The Morgan fingerprint density at radius 1 is 1.05 bits per heavy atom. The normalized spacial score (nSPS) is 12.6. The average Bonchev–Trinajstić information content (AvgIpc) is 2.49. The van der Waals surface area contributed by atoms with Crippen molar-refractivity contribution < 1.29 is 0 Å². The number of rotatable bonds is 11. The second kappa shape index (κ2) is 11.5. The van der Waals surface area contributed by atoms with Crippen LogP contribution in [0.2, 0.25) is 5.02 Å². The molecule has 1 aromatic rings. The Kier molecular flexibility index (Phi) is 10.4. The van der Waals surface area contributed by atoms with Crippen molar-refractivity contribution >= 4 is 27.5 Å². The quantitative estimate of drug-likeness (QED) is 0.416. The summed E-state index contributed by atoms with van der Waals surface area (Å²) in [6.07, 6.45) is 12.1. The molecule has 1 unspecified atom stereocenters. The van der Waals surface area contributed by atoms with Gasteiger partial charge in [-0.15, -0.1) is 0 Å². The minimum atomic E-state index is 0.387. The zero-order chi connectivity index (χ0) is 15.5. The van der Waals surface area contributed by atoms with Crippen LogP contribution in [-0.4, -0.2) is 7.05 Å². The van der Waals surface area contributed by atoms with Crippen LogP contribution < -0.4 is 5.32 Å². The van der Waals surface area contributed by atoms with Crippen LogP contribution in [0.4, 0.5) is 0 Å². The Hall–Kier alpha value is -0.0500. The van der Waals surface area contributed by atoms with Crippen molar-refractivity contribution in [2.75, 3.05) is 7.05 Å². The molecule has 1 atom stereocenters. The molecule has 0 aliphatic heterocycles. The van der Waals surface area contributed by atoms with Crippen LogP contribution in [0, 0.1) is 0 Å². The van der Waals surface area contributed by atoms with Crippen LogP contribution in [0.25, 0.3) is 0 Å². The molecule has 0 aromatic heterocycles. The minimum absolute atomic E-state index is 0.387. The molecule has 21 heavy (non-hydrogen) atoms. The third-order valence-electron chi connectivity index (χ3n) is 4.03. The Balaban J connectivity index is 2.27. The van der Waals surface area contributed by atoms with E-state index in [2.05, 4.69) is 34.2 Å². The Morgan fingerprint density at radius 2 is 1.67 bits per heavy atom. The van der Waals surface area contributed by atoms with Gasteiger partial charge in [0.05, 0.1) is 0 Å². The first-order valence-corrected chi connectivity index (χ1v) is 9.48. The van der Waals surface area contributed by atoms with Gasteiger partial charge in [-0.2, -0.15) is 0 Å². The summed E-state index contributed by atoms with van der Waals surface area (Å²) in [6.45, 7) is 2.27. The summed E-state index contributed by atoms with van der Waals surface area (Å²) in [6, 6.07) is 6.42. The van der Waals surface area contributed by atoms with Gasteiger partial charge in [0.2, 0.25) is 0 Å². The molecule has 0 aliphatic rings. The molecule has 1 N–H and O–H groups in total. The van der Waals surface area contributed by atoms with Crippen molar-refractivity contribution in [2.24, 2.45) is 0 Å². The summed E-state index contributed by atoms with van der Waals surface area (Å²) in [7, 11) is 2.03. The predicted molar refractivity (Wildman–Crippen MR) is 98.2 cm³/mol. The van der Waals surface area contributed by atoms with Crippen molar-refractivity contribution in [1.82, 2.24) is 5.32 Å². The fourth-order valence-electron chi connectivity index (χ4n) is 2.72. The number of nitrogens with one attached hydrogen (secondary N) is 1. The van der Waals surface area contributed by atoms with Gasteiger partial charge in [-0.05, 0) is 37.2 Å². The summed E-state index contributed by atoms with van der Waals surface area (Å²) in [5, 5.41) is 4.23. The van der Waals surface area contributed by atoms with E-state index in [1.54, 1.807) is 0 Å². The molecule has 0 fully saturated rings. The van der Waals surface area contributed by atoms with E-state index in [4.69, 9.17) is 11.6 Å². The van der Waals surface area contributed by atoms with E-state index in [1.165, 1.54) is 63.4 Å². The van der Waals surface area contributed by atoms with E-state index in [-0.39, 0.29) is 0 Å². The second-order valence-corrected chi connectivity index (χ2v) is 7.06. The molecule has 0 saturated heterocycles. The molecule has 0 amide bonds. The number of hydrogen-bond donors (Lipinski definition) is 1. The van der Waals surface area contributed by atoms with Crippen molar-refractivity contribution in [3.63, 3.8) is 0 Å². The van der Waals surface area contributed by atoms with Crippen molar-refractivity contribution in [3.05, 3.63) is 33.3 Å². The zero-order valence-electron chi connectivity index (χ0n) is 13.4. The summed E-state index contributed by atoms with van der Waals surface area (Å²) < 4.78 is 1.14. The lowest BCUT2D eigenvalue weighted by Gasteiger charge is -2.18. The van der Waals surface area contributed by atoms with Gasteiger partial charge in [0.15, 0.2) is 0 Å². The molecule has 1 aromatic carbocycles. The predicted octanol–water partition coefficient (Wildman–Crippen LogP) is 6.89. The van der Waals surface area contributed by atoms with E-state index in [9.17, 15) is 0 Å². The van der Waals surface area contributed by atoms with Gasteiger partial charge in [0.25, 0.3) is 0 Å². The highest BCUT2D eigenvalue weighted by atomic mass is 79.9. The fourth-order valence-corrected chi connectivity index (χ4v) is 3.42. The topological polar surface area (TPSA) is 12.0 Å². The third-order valence-corrected chi connectivity index (χ3v) is 4.99. The number of benzene rings is 1. The van der Waals surface area contributed by atoms with Gasteiger partial charge in [-0.25, -0.2) is 0 Å². The summed E-state index contributed by atoms with van der Waals surface area (Å²) in [5.41, 5.74) is 1.27. The van der Waals surface area contributed by atoms with Gasteiger partial charge in [0.1, 0.15) is 0 Å². The monoisotopic (exact) mass is 373 g/mol. The molecular formula is C18H29BrClN. The smallest absolute Gasteiger partial charge is 0.0410 e. The molecule has 0 radical (unpaired) electrons. The molecule has 0 bridgehead atoms. The first-order chi connectivity index (χ1) is 10.2. The largest absolute Gasteiger partial charge is 0.313 e. The maximum absolute atomic E-state index is 6.11. The second-order valence-electron chi connectivity index (χ2n) is 5.77. The van der Waals surface area contributed by atoms with Crippen molar-refractivity contribution in [1.29, 1.82) is 0 Å². The molecule has 0 spiro atoms. The van der Waals surface area contributed by atoms with Crippen LogP contribution in [0.3, 0.4) is 0 Å². The van der Waals surface area contributed by atoms with Gasteiger partial charge < -0.3 is 5.32 Å². The molecule has 1 rings (SSSR count). The maximum Gasteiger partial charge on any atom is 0.0410 e. The zero-order valence-corrected chi connectivity index (χ0v) is 15.8. The first-order valence-electron chi connectivity index (χ1n) is 8.31. The van der Waals surface area contributed by atoms with Crippen LogP contribution in [0.15, 0.2) is 22.7 Å². The highest BCUT2D eigenvalue weighted by molar-refractivity contribution is 9.10. The Morgan fingerprint density at radius 3 is 2.29 bits per heavy atom. The highest BCUT2D eigenvalue weighted by Gasteiger charge is 2.12. The lowest BCUT2D eigenvalue weighted by molar-refractivity contribution is 0.493. The lowest BCUT2D eigenvalue weighted by Crippen LogP contribution is -2.16.